The minimum atomic E-state index is -0.919. The van der Waals surface area contributed by atoms with Gasteiger partial charge in [0, 0.05) is 21.8 Å². The number of fused-ring (bicyclic) bond motifs is 1. The van der Waals surface area contributed by atoms with Gasteiger partial charge in [-0.15, -0.1) is 11.3 Å². The summed E-state index contributed by atoms with van der Waals surface area (Å²) in [6.45, 7) is 6.40. The first-order chi connectivity index (χ1) is 15.0. The number of carbonyl (C=O) groups is 1. The molecule has 5 nitrogen and oxygen atoms in total. The van der Waals surface area contributed by atoms with Crippen molar-refractivity contribution in [2.24, 2.45) is 0 Å². The fourth-order valence-corrected chi connectivity index (χ4v) is 4.57. The third-order valence-corrected chi connectivity index (χ3v) is 6.59. The van der Waals surface area contributed by atoms with Gasteiger partial charge in [-0.25, -0.2) is 14.8 Å². The monoisotopic (exact) mass is 431 g/mol. The lowest BCUT2D eigenvalue weighted by atomic mass is 10.1. The largest absolute Gasteiger partial charge is 0.478 e. The topological polar surface area (TPSA) is 75.1 Å². The van der Waals surface area contributed by atoms with Crippen LogP contribution in [-0.2, 0) is 19.3 Å². The van der Waals surface area contributed by atoms with Crippen molar-refractivity contribution in [2.45, 2.75) is 40.0 Å². The van der Waals surface area contributed by atoms with Crippen LogP contribution in [0, 0.1) is 0 Å². The number of rotatable bonds is 7. The van der Waals surface area contributed by atoms with Crippen molar-refractivity contribution in [3.63, 3.8) is 0 Å². The van der Waals surface area contributed by atoms with Crippen molar-refractivity contribution in [1.29, 1.82) is 0 Å². The van der Waals surface area contributed by atoms with Crippen molar-refractivity contribution in [3.8, 4) is 10.7 Å². The lowest BCUT2D eigenvalue weighted by molar-refractivity contribution is 0.0697. The molecule has 0 amide bonds. The Morgan fingerprint density at radius 2 is 1.71 bits per heavy atom. The molecule has 0 aliphatic rings. The van der Waals surface area contributed by atoms with Gasteiger partial charge in [0.15, 0.2) is 5.82 Å². The van der Waals surface area contributed by atoms with E-state index in [2.05, 4.69) is 38.2 Å². The van der Waals surface area contributed by atoms with Gasteiger partial charge in [-0.05, 0) is 66.4 Å². The molecule has 0 radical (unpaired) electrons. The summed E-state index contributed by atoms with van der Waals surface area (Å²) in [5, 5.41) is 14.6. The van der Waals surface area contributed by atoms with E-state index in [-0.39, 0.29) is 5.56 Å². The maximum absolute atomic E-state index is 11.2. The zero-order valence-corrected chi connectivity index (χ0v) is 18.7. The number of aromatic nitrogens is 2. The Labute approximate surface area is 185 Å². The lowest BCUT2D eigenvalue weighted by Gasteiger charge is -2.15. The number of carboxylic acid groups (broad SMARTS) is 1. The highest BCUT2D eigenvalue weighted by molar-refractivity contribution is 7.15. The van der Waals surface area contributed by atoms with Crippen LogP contribution in [0.1, 0.15) is 47.3 Å². The molecule has 0 fully saturated rings. The number of carboxylic acids is 1. The van der Waals surface area contributed by atoms with Crippen LogP contribution in [-0.4, -0.2) is 21.0 Å². The number of thiophene rings is 1. The minimum absolute atomic E-state index is 0.289. The summed E-state index contributed by atoms with van der Waals surface area (Å²) in [4.78, 5) is 23.4. The molecule has 2 aromatic heterocycles. The van der Waals surface area contributed by atoms with Crippen LogP contribution in [0.5, 0.6) is 0 Å². The molecular formula is C25H25N3O2S. The minimum Gasteiger partial charge on any atom is -0.478 e. The Morgan fingerprint density at radius 1 is 0.935 bits per heavy atom. The van der Waals surface area contributed by atoms with Crippen molar-refractivity contribution < 1.29 is 9.90 Å². The van der Waals surface area contributed by atoms with Crippen LogP contribution < -0.4 is 5.32 Å². The normalized spacial score (nSPS) is 11.1. The van der Waals surface area contributed by atoms with Gasteiger partial charge in [0.05, 0.1) is 10.4 Å². The number of nitrogens with zero attached hydrogens (tertiary/aromatic N) is 2. The Bertz CT molecular complexity index is 1260. The average Bonchev–Trinajstić information content (AvgIpc) is 3.27. The first-order valence-electron chi connectivity index (χ1n) is 10.5. The first kappa shape index (κ1) is 21.0. The van der Waals surface area contributed by atoms with E-state index in [0.29, 0.717) is 0 Å². The molecule has 2 aromatic carbocycles. The zero-order chi connectivity index (χ0) is 22.0. The van der Waals surface area contributed by atoms with Gasteiger partial charge in [0.25, 0.3) is 0 Å². The van der Waals surface area contributed by atoms with E-state index < -0.39 is 5.97 Å². The van der Waals surface area contributed by atoms with Crippen molar-refractivity contribution in [3.05, 3.63) is 70.2 Å². The highest BCUT2D eigenvalue weighted by Crippen LogP contribution is 2.31. The number of benzene rings is 2. The summed E-state index contributed by atoms with van der Waals surface area (Å²) in [5.41, 5.74) is 3.39. The van der Waals surface area contributed by atoms with E-state index in [1.807, 2.05) is 24.3 Å². The maximum atomic E-state index is 11.2. The number of anilines is 2. The lowest BCUT2D eigenvalue weighted by Crippen LogP contribution is -2.06. The van der Waals surface area contributed by atoms with E-state index in [4.69, 9.17) is 9.97 Å². The highest BCUT2D eigenvalue weighted by atomic mass is 32.1. The second-order valence-corrected chi connectivity index (χ2v) is 8.52. The maximum Gasteiger partial charge on any atom is 0.335 e. The van der Waals surface area contributed by atoms with Gasteiger partial charge in [-0.1, -0.05) is 32.9 Å². The average molecular weight is 432 g/mol. The third kappa shape index (κ3) is 4.30. The molecule has 0 atom stereocenters. The van der Waals surface area contributed by atoms with E-state index in [0.717, 1.165) is 63.5 Å². The molecule has 2 heterocycles. The van der Waals surface area contributed by atoms with Crippen molar-refractivity contribution in [2.75, 3.05) is 5.32 Å². The number of hydrogen-bond donors (Lipinski definition) is 2. The summed E-state index contributed by atoms with van der Waals surface area (Å²) >= 11 is 1.74. The summed E-state index contributed by atoms with van der Waals surface area (Å²) < 4.78 is 0. The summed E-state index contributed by atoms with van der Waals surface area (Å²) in [7, 11) is 0. The van der Waals surface area contributed by atoms with Gasteiger partial charge in [0.1, 0.15) is 5.82 Å². The molecule has 0 aliphatic carbocycles. The van der Waals surface area contributed by atoms with Crippen LogP contribution in [0.4, 0.5) is 11.5 Å². The number of hydrogen-bond acceptors (Lipinski definition) is 5. The van der Waals surface area contributed by atoms with Gasteiger partial charge in [0.2, 0.25) is 0 Å². The molecule has 0 spiro atoms. The van der Waals surface area contributed by atoms with E-state index in [1.54, 1.807) is 23.5 Å². The molecule has 0 unspecified atom stereocenters. The molecule has 4 aromatic rings. The predicted molar refractivity (Wildman–Crippen MR) is 128 cm³/mol. The fraction of sp³-hybridized carbons (Fsp3) is 0.240. The van der Waals surface area contributed by atoms with E-state index in [1.165, 1.54) is 4.88 Å². The predicted octanol–water partition coefficient (Wildman–Crippen LogP) is 6.49. The molecule has 2 N–H and O–H groups in total. The number of aryl methyl sites for hydroxylation is 2. The standard InChI is InChI=1S/C25H25N3O2S/c1-4-19-11-12-22(31-19)24-27-21(6-3)20(5-2)23(28-24)26-18-10-9-15-13-17(25(29)30)8-7-16(15)14-18/h7-14H,4-6H2,1-3H3,(H,29,30)(H,26,27,28). The summed E-state index contributed by atoms with van der Waals surface area (Å²) in [5.74, 6) is 0.669. The summed E-state index contributed by atoms with van der Waals surface area (Å²) in [6, 6.07) is 15.3. The molecule has 4 rings (SSSR count). The van der Waals surface area contributed by atoms with Crippen molar-refractivity contribution in [1.82, 2.24) is 9.97 Å². The fourth-order valence-electron chi connectivity index (χ4n) is 3.69. The molecule has 0 bridgehead atoms. The molecule has 0 saturated carbocycles. The first-order valence-corrected chi connectivity index (χ1v) is 11.4. The SMILES string of the molecule is CCc1ccc(-c2nc(CC)c(CC)c(Nc3ccc4cc(C(=O)O)ccc4c3)n2)s1. The molecule has 6 heteroatoms. The Balaban J connectivity index is 1.74. The van der Waals surface area contributed by atoms with E-state index in [9.17, 15) is 9.90 Å². The highest BCUT2D eigenvalue weighted by Gasteiger charge is 2.15. The van der Waals surface area contributed by atoms with Gasteiger partial charge in [-0.3, -0.25) is 0 Å². The van der Waals surface area contributed by atoms with Crippen LogP contribution >= 0.6 is 11.3 Å². The quantitative estimate of drug-likeness (QED) is 0.350. The molecular weight excluding hydrogens is 406 g/mol. The molecule has 31 heavy (non-hydrogen) atoms. The smallest absolute Gasteiger partial charge is 0.335 e. The van der Waals surface area contributed by atoms with Crippen LogP contribution in [0.15, 0.2) is 48.5 Å². The van der Waals surface area contributed by atoms with Gasteiger partial charge >= 0.3 is 5.97 Å². The zero-order valence-electron chi connectivity index (χ0n) is 17.9. The van der Waals surface area contributed by atoms with Crippen molar-refractivity contribution >= 4 is 39.6 Å². The molecule has 0 aliphatic heterocycles. The number of aromatic carboxylic acids is 1. The van der Waals surface area contributed by atoms with Crippen LogP contribution in [0.3, 0.4) is 0 Å². The van der Waals surface area contributed by atoms with Crippen LogP contribution in [0.2, 0.25) is 0 Å². The molecule has 158 valence electrons. The Morgan fingerprint density at radius 3 is 2.39 bits per heavy atom. The summed E-state index contributed by atoms with van der Waals surface area (Å²) in [6.07, 6.45) is 2.69. The molecule has 0 saturated heterocycles. The third-order valence-electron chi connectivity index (χ3n) is 5.36. The Kier molecular flexibility index (Phi) is 6.00. The van der Waals surface area contributed by atoms with E-state index >= 15 is 0 Å². The number of nitrogens with one attached hydrogen (secondary N) is 1. The second-order valence-electron chi connectivity index (χ2n) is 7.35. The van der Waals surface area contributed by atoms with Crippen LogP contribution in [0.25, 0.3) is 21.5 Å². The Hall–Kier alpha value is -3.25. The van der Waals surface area contributed by atoms with Gasteiger partial charge in [-0.2, -0.15) is 0 Å². The second kappa shape index (κ2) is 8.86. The van der Waals surface area contributed by atoms with Gasteiger partial charge < -0.3 is 10.4 Å².